The third-order valence-electron chi connectivity index (χ3n) is 4.94. The first kappa shape index (κ1) is 23.1. The third-order valence-corrected chi connectivity index (χ3v) is 7.23. The second-order valence-corrected chi connectivity index (χ2v) is 9.64. The van der Waals surface area contributed by atoms with E-state index in [1.807, 2.05) is 0 Å². The normalized spacial score (nSPS) is 12.0. The summed E-state index contributed by atoms with van der Waals surface area (Å²) >= 11 is 3.21. The maximum absolute atomic E-state index is 13.3. The van der Waals surface area contributed by atoms with Crippen LogP contribution >= 0.6 is 15.9 Å². The molecule has 0 saturated heterocycles. The smallest absolute Gasteiger partial charge is 0.336 e. The number of rotatable bonds is 5. The minimum atomic E-state index is -4.45. The average Bonchev–Trinajstić information content (AvgIpc) is 3.10. The van der Waals surface area contributed by atoms with Crippen molar-refractivity contribution in [1.29, 1.82) is 0 Å². The Morgan fingerprint density at radius 3 is 1.97 bits per heavy atom. The van der Waals surface area contributed by atoms with Crippen molar-refractivity contribution in [3.63, 3.8) is 0 Å². The second-order valence-electron chi connectivity index (χ2n) is 7.16. The first-order valence-corrected chi connectivity index (χ1v) is 11.9. The molecule has 0 aliphatic heterocycles. The number of nitrogens with zero attached hydrogens (tertiary/aromatic N) is 1. The number of halogens is 4. The predicted octanol–water partition coefficient (Wildman–Crippen LogP) is 6.90. The van der Waals surface area contributed by atoms with Crippen LogP contribution in [0.4, 0.5) is 19.1 Å². The molecule has 0 spiro atoms. The SMILES string of the molecule is Cc1noc(NS(=O)(=O)c2ccc(-c3ccc(-c4ccccc4C(F)(F)F)cc3)cc2)c1Br. The molecule has 0 aliphatic carbocycles. The summed E-state index contributed by atoms with van der Waals surface area (Å²) in [6.45, 7) is 1.66. The Balaban J connectivity index is 1.57. The van der Waals surface area contributed by atoms with Crippen molar-refractivity contribution >= 4 is 31.8 Å². The van der Waals surface area contributed by atoms with Crippen molar-refractivity contribution in [3.8, 4) is 22.3 Å². The van der Waals surface area contributed by atoms with Gasteiger partial charge in [0.25, 0.3) is 15.9 Å². The van der Waals surface area contributed by atoms with Crippen LogP contribution in [0.15, 0.2) is 86.7 Å². The number of hydrogen-bond acceptors (Lipinski definition) is 4. The Bertz CT molecular complexity index is 1400. The zero-order chi connectivity index (χ0) is 23.8. The summed E-state index contributed by atoms with van der Waals surface area (Å²) in [6.07, 6.45) is -4.45. The van der Waals surface area contributed by atoms with E-state index in [1.54, 1.807) is 49.4 Å². The van der Waals surface area contributed by atoms with Crippen LogP contribution in [0, 0.1) is 6.92 Å². The van der Waals surface area contributed by atoms with E-state index in [4.69, 9.17) is 4.52 Å². The van der Waals surface area contributed by atoms with Gasteiger partial charge in [-0.15, -0.1) is 0 Å². The summed E-state index contributed by atoms with van der Waals surface area (Å²) in [7, 11) is -3.90. The Kier molecular flexibility index (Phi) is 6.06. The Morgan fingerprint density at radius 1 is 0.879 bits per heavy atom. The molecule has 0 unspecified atom stereocenters. The third kappa shape index (κ3) is 4.81. The topological polar surface area (TPSA) is 72.2 Å². The van der Waals surface area contributed by atoms with E-state index in [0.717, 1.165) is 11.6 Å². The van der Waals surface area contributed by atoms with E-state index in [0.29, 0.717) is 21.3 Å². The summed E-state index contributed by atoms with van der Waals surface area (Å²) < 4.78 is 72.9. The van der Waals surface area contributed by atoms with Gasteiger partial charge in [0.1, 0.15) is 4.47 Å². The van der Waals surface area contributed by atoms with Crippen LogP contribution in [0.3, 0.4) is 0 Å². The lowest BCUT2D eigenvalue weighted by Crippen LogP contribution is -2.12. The van der Waals surface area contributed by atoms with Gasteiger partial charge in [0.15, 0.2) is 0 Å². The molecule has 33 heavy (non-hydrogen) atoms. The van der Waals surface area contributed by atoms with E-state index in [-0.39, 0.29) is 16.3 Å². The molecule has 0 radical (unpaired) electrons. The van der Waals surface area contributed by atoms with Crippen molar-refractivity contribution in [2.45, 2.75) is 18.0 Å². The van der Waals surface area contributed by atoms with E-state index < -0.39 is 21.8 Å². The maximum atomic E-state index is 13.3. The summed E-state index contributed by atoms with van der Waals surface area (Å²) in [5.41, 5.74) is 1.77. The fraction of sp³-hybridized carbons (Fsp3) is 0.0870. The summed E-state index contributed by atoms with van der Waals surface area (Å²) in [4.78, 5) is 0.0166. The highest BCUT2D eigenvalue weighted by atomic mass is 79.9. The van der Waals surface area contributed by atoms with Gasteiger partial charge in [-0.05, 0) is 63.3 Å². The van der Waals surface area contributed by atoms with Gasteiger partial charge in [0.05, 0.1) is 16.2 Å². The van der Waals surface area contributed by atoms with E-state index >= 15 is 0 Å². The van der Waals surface area contributed by atoms with E-state index in [2.05, 4.69) is 25.8 Å². The molecule has 5 nitrogen and oxygen atoms in total. The molecular formula is C23H16BrF3N2O3S. The second kappa shape index (κ2) is 8.68. The zero-order valence-electron chi connectivity index (χ0n) is 17.0. The fourth-order valence-corrected chi connectivity index (χ4v) is 4.62. The van der Waals surface area contributed by atoms with Crippen LogP contribution in [-0.4, -0.2) is 13.6 Å². The summed E-state index contributed by atoms with van der Waals surface area (Å²) in [5.74, 6) is -0.0219. The number of aromatic nitrogens is 1. The van der Waals surface area contributed by atoms with Gasteiger partial charge in [0, 0.05) is 0 Å². The van der Waals surface area contributed by atoms with Crippen LogP contribution in [0.1, 0.15) is 11.3 Å². The Hall–Kier alpha value is -3.11. The standard InChI is InChI=1S/C23H16BrF3N2O3S/c1-14-21(24)22(32-28-14)29-33(30,31)18-12-10-16(11-13-18)15-6-8-17(9-7-15)19-4-2-3-5-20(19)23(25,26)27/h2-13,29H,1H3. The number of anilines is 1. The molecule has 0 amide bonds. The average molecular weight is 537 g/mol. The molecule has 4 rings (SSSR count). The van der Waals surface area contributed by atoms with Gasteiger partial charge < -0.3 is 4.52 Å². The van der Waals surface area contributed by atoms with Gasteiger partial charge in [-0.2, -0.15) is 13.2 Å². The minimum Gasteiger partial charge on any atom is -0.336 e. The quantitative estimate of drug-likeness (QED) is 0.301. The van der Waals surface area contributed by atoms with Crippen LogP contribution < -0.4 is 4.72 Å². The van der Waals surface area contributed by atoms with Gasteiger partial charge in [0.2, 0.25) is 0 Å². The van der Waals surface area contributed by atoms with Crippen LogP contribution in [0.5, 0.6) is 0 Å². The first-order chi connectivity index (χ1) is 15.6. The molecule has 0 bridgehead atoms. The van der Waals surface area contributed by atoms with Gasteiger partial charge in [-0.25, -0.2) is 13.1 Å². The van der Waals surface area contributed by atoms with Crippen LogP contribution in [-0.2, 0) is 16.2 Å². The Morgan fingerprint density at radius 2 is 1.42 bits per heavy atom. The molecule has 0 aliphatic rings. The van der Waals surface area contributed by atoms with Crippen molar-refractivity contribution in [2.24, 2.45) is 0 Å². The van der Waals surface area contributed by atoms with Gasteiger partial charge in [-0.3, -0.25) is 0 Å². The minimum absolute atomic E-state index is 0.0166. The molecule has 10 heteroatoms. The highest BCUT2D eigenvalue weighted by molar-refractivity contribution is 9.10. The van der Waals surface area contributed by atoms with Crippen molar-refractivity contribution in [1.82, 2.24) is 5.16 Å². The predicted molar refractivity (Wildman–Crippen MR) is 122 cm³/mol. The number of hydrogen-bond donors (Lipinski definition) is 1. The molecule has 1 N–H and O–H groups in total. The van der Waals surface area contributed by atoms with Crippen molar-refractivity contribution in [3.05, 3.63) is 88.5 Å². The van der Waals surface area contributed by atoms with E-state index in [1.165, 1.54) is 24.3 Å². The van der Waals surface area contributed by atoms with Gasteiger partial charge in [-0.1, -0.05) is 59.8 Å². The molecular weight excluding hydrogens is 521 g/mol. The lowest BCUT2D eigenvalue weighted by molar-refractivity contribution is -0.137. The Labute approximate surface area is 196 Å². The molecule has 170 valence electrons. The van der Waals surface area contributed by atoms with Gasteiger partial charge >= 0.3 is 6.18 Å². The largest absolute Gasteiger partial charge is 0.417 e. The lowest BCUT2D eigenvalue weighted by Gasteiger charge is -2.13. The molecule has 1 heterocycles. The molecule has 1 aromatic heterocycles. The maximum Gasteiger partial charge on any atom is 0.417 e. The van der Waals surface area contributed by atoms with Crippen LogP contribution in [0.2, 0.25) is 0 Å². The monoisotopic (exact) mass is 536 g/mol. The molecule has 3 aromatic carbocycles. The van der Waals surface area contributed by atoms with Crippen molar-refractivity contribution in [2.75, 3.05) is 4.72 Å². The molecule has 0 saturated carbocycles. The molecule has 0 fully saturated rings. The van der Waals surface area contributed by atoms with Crippen molar-refractivity contribution < 1.29 is 26.1 Å². The fourth-order valence-electron chi connectivity index (χ4n) is 3.25. The number of nitrogens with one attached hydrogen (secondary N) is 1. The van der Waals surface area contributed by atoms with E-state index in [9.17, 15) is 21.6 Å². The number of aryl methyl sites for hydroxylation is 1. The summed E-state index contributed by atoms with van der Waals surface area (Å²) in [6, 6.07) is 18.1. The molecule has 4 aromatic rings. The number of sulfonamides is 1. The molecule has 0 atom stereocenters. The lowest BCUT2D eigenvalue weighted by atomic mass is 9.97. The van der Waals surface area contributed by atoms with Crippen LogP contribution in [0.25, 0.3) is 22.3 Å². The number of alkyl halides is 3. The summed E-state index contributed by atoms with van der Waals surface area (Å²) in [5, 5.41) is 3.68. The highest BCUT2D eigenvalue weighted by Crippen LogP contribution is 2.37. The first-order valence-electron chi connectivity index (χ1n) is 9.58. The highest BCUT2D eigenvalue weighted by Gasteiger charge is 2.33. The number of benzene rings is 3. The zero-order valence-corrected chi connectivity index (χ0v) is 19.4.